The number of hydrogen-bond donors (Lipinski definition) is 3. The van der Waals surface area contributed by atoms with Crippen LogP contribution < -0.4 is 16.0 Å². The highest BCUT2D eigenvalue weighted by atomic mass is 19.1. The van der Waals surface area contributed by atoms with E-state index in [4.69, 9.17) is 0 Å². The third-order valence-electron chi connectivity index (χ3n) is 5.44. The Balaban J connectivity index is 1.89. The van der Waals surface area contributed by atoms with Crippen molar-refractivity contribution in [3.05, 3.63) is 35.1 Å². The lowest BCUT2D eigenvalue weighted by atomic mass is 9.85. The summed E-state index contributed by atoms with van der Waals surface area (Å²) in [6.07, 6.45) is 3.81. The molecule has 2 amide bonds. The van der Waals surface area contributed by atoms with Crippen LogP contribution >= 0.6 is 0 Å². The Morgan fingerprint density at radius 1 is 1.13 bits per heavy atom. The van der Waals surface area contributed by atoms with Gasteiger partial charge in [0.1, 0.15) is 5.82 Å². The quantitative estimate of drug-likeness (QED) is 0.342. The number of carbonyl (C=O) groups is 2. The minimum atomic E-state index is -0.421. The molecule has 1 saturated carbocycles. The molecule has 0 heterocycles. The van der Waals surface area contributed by atoms with E-state index in [9.17, 15) is 14.0 Å². The normalized spacial score (nSPS) is 15.6. The van der Waals surface area contributed by atoms with Crippen LogP contribution in [-0.2, 0) is 4.79 Å². The molecule has 0 bridgehead atoms. The second-order valence-electron chi connectivity index (χ2n) is 8.03. The first-order chi connectivity index (χ1) is 14.3. The lowest BCUT2D eigenvalue weighted by Gasteiger charge is -2.29. The van der Waals surface area contributed by atoms with Crippen LogP contribution in [0, 0.1) is 18.2 Å². The number of halogens is 1. The maximum atomic E-state index is 13.6. The molecule has 0 unspecified atom stereocenters. The molecule has 30 heavy (non-hydrogen) atoms. The number of guanidine groups is 1. The lowest BCUT2D eigenvalue weighted by molar-refractivity contribution is -0.138. The first kappa shape index (κ1) is 23.6. The van der Waals surface area contributed by atoms with Crippen molar-refractivity contribution >= 4 is 17.8 Å². The molecule has 3 N–H and O–H groups in total. The average molecular weight is 420 g/mol. The third-order valence-corrected chi connectivity index (χ3v) is 5.44. The topological polar surface area (TPSA) is 85.8 Å². The van der Waals surface area contributed by atoms with Gasteiger partial charge in [-0.2, -0.15) is 0 Å². The number of benzene rings is 1. The zero-order chi connectivity index (χ0) is 22.1. The van der Waals surface area contributed by atoms with Crippen LogP contribution in [0.25, 0.3) is 0 Å². The summed E-state index contributed by atoms with van der Waals surface area (Å²) in [6.45, 7) is 5.58. The van der Waals surface area contributed by atoms with Crippen molar-refractivity contribution < 1.29 is 14.0 Å². The Kier molecular flexibility index (Phi) is 8.62. The molecule has 1 aliphatic rings. The Morgan fingerprint density at radius 2 is 1.80 bits per heavy atom. The van der Waals surface area contributed by atoms with Gasteiger partial charge >= 0.3 is 0 Å². The molecule has 1 aromatic carbocycles. The van der Waals surface area contributed by atoms with Crippen LogP contribution in [0.5, 0.6) is 0 Å². The minimum Gasteiger partial charge on any atom is -0.357 e. The second-order valence-corrected chi connectivity index (χ2v) is 8.03. The monoisotopic (exact) mass is 419 g/mol. The summed E-state index contributed by atoms with van der Waals surface area (Å²) in [5.41, 5.74) is 0.381. The largest absolute Gasteiger partial charge is 0.357 e. The summed E-state index contributed by atoms with van der Waals surface area (Å²) in [4.78, 5) is 31.2. The molecule has 7 nitrogen and oxygen atoms in total. The lowest BCUT2D eigenvalue weighted by Crippen LogP contribution is -2.44. The van der Waals surface area contributed by atoms with Crippen molar-refractivity contribution in [3.8, 4) is 0 Å². The van der Waals surface area contributed by atoms with Crippen molar-refractivity contribution in [1.82, 2.24) is 20.9 Å². The van der Waals surface area contributed by atoms with E-state index in [1.807, 2.05) is 6.92 Å². The van der Waals surface area contributed by atoms with Crippen LogP contribution in [0.3, 0.4) is 0 Å². The molecule has 2 rings (SSSR count). The van der Waals surface area contributed by atoms with Crippen molar-refractivity contribution in [2.24, 2.45) is 10.4 Å². The van der Waals surface area contributed by atoms with E-state index in [0.29, 0.717) is 43.3 Å². The third kappa shape index (κ3) is 6.18. The summed E-state index contributed by atoms with van der Waals surface area (Å²) in [6, 6.07) is 4.44. The van der Waals surface area contributed by atoms with E-state index in [0.717, 1.165) is 25.7 Å². The molecule has 166 valence electrons. The molecule has 0 saturated heterocycles. The molecule has 1 aliphatic carbocycles. The van der Waals surface area contributed by atoms with Crippen LogP contribution in [0.15, 0.2) is 23.2 Å². The van der Waals surface area contributed by atoms with E-state index < -0.39 is 11.2 Å². The van der Waals surface area contributed by atoms with Gasteiger partial charge in [-0.15, -0.1) is 0 Å². The fraction of sp³-hybridized carbons (Fsp3) is 0.591. The Bertz CT molecular complexity index is 773. The molecule has 8 heteroatoms. The van der Waals surface area contributed by atoms with Gasteiger partial charge in [-0.3, -0.25) is 14.6 Å². The van der Waals surface area contributed by atoms with Gasteiger partial charge in [0.15, 0.2) is 5.96 Å². The van der Waals surface area contributed by atoms with E-state index in [1.54, 1.807) is 38.1 Å². The summed E-state index contributed by atoms with van der Waals surface area (Å²) in [5, 5.41) is 9.13. The fourth-order valence-electron chi connectivity index (χ4n) is 3.73. The van der Waals surface area contributed by atoms with Gasteiger partial charge in [0.2, 0.25) is 5.91 Å². The second kappa shape index (κ2) is 10.9. The van der Waals surface area contributed by atoms with Gasteiger partial charge in [0, 0.05) is 39.3 Å². The van der Waals surface area contributed by atoms with E-state index >= 15 is 0 Å². The van der Waals surface area contributed by atoms with Crippen LogP contribution in [0.2, 0.25) is 0 Å². The molecule has 1 fully saturated rings. The van der Waals surface area contributed by atoms with Gasteiger partial charge < -0.3 is 20.9 Å². The SMILES string of the molecule is CCNC(=NCC1(C(=O)N(C)C)CCCC1)NCCNC(=O)c1ccc(C)c(F)c1. The molecular formula is C22H34FN5O2. The minimum absolute atomic E-state index is 0.136. The highest BCUT2D eigenvalue weighted by molar-refractivity contribution is 5.94. The number of aryl methyl sites for hydroxylation is 1. The smallest absolute Gasteiger partial charge is 0.251 e. The van der Waals surface area contributed by atoms with Crippen molar-refractivity contribution in [1.29, 1.82) is 0 Å². The first-order valence-corrected chi connectivity index (χ1v) is 10.6. The highest BCUT2D eigenvalue weighted by Gasteiger charge is 2.42. The number of carbonyl (C=O) groups excluding carboxylic acids is 2. The number of amides is 2. The Labute approximate surface area is 178 Å². The predicted octanol–water partition coefficient (Wildman–Crippen LogP) is 2.07. The Morgan fingerprint density at radius 3 is 2.40 bits per heavy atom. The van der Waals surface area contributed by atoms with Gasteiger partial charge in [0.25, 0.3) is 5.91 Å². The summed E-state index contributed by atoms with van der Waals surface area (Å²) >= 11 is 0. The van der Waals surface area contributed by atoms with Crippen molar-refractivity contribution in [2.45, 2.75) is 39.5 Å². The number of aliphatic imine (C=N–C) groups is 1. The van der Waals surface area contributed by atoms with Gasteiger partial charge in [0.05, 0.1) is 12.0 Å². The zero-order valence-electron chi connectivity index (χ0n) is 18.5. The number of hydrogen-bond acceptors (Lipinski definition) is 3. The fourth-order valence-corrected chi connectivity index (χ4v) is 3.73. The van der Waals surface area contributed by atoms with Crippen LogP contribution in [0.4, 0.5) is 4.39 Å². The number of rotatable bonds is 8. The summed E-state index contributed by atoms with van der Waals surface area (Å²) < 4.78 is 13.6. The average Bonchev–Trinajstić information content (AvgIpc) is 3.20. The van der Waals surface area contributed by atoms with Crippen LogP contribution in [-0.4, -0.2) is 62.9 Å². The van der Waals surface area contributed by atoms with E-state index in [1.165, 1.54) is 6.07 Å². The van der Waals surface area contributed by atoms with E-state index in [2.05, 4.69) is 20.9 Å². The highest BCUT2D eigenvalue weighted by Crippen LogP contribution is 2.39. The standard InChI is InChI=1S/C22H34FN5O2/c1-5-24-21(27-15-22(10-6-7-11-22)20(30)28(3)4)26-13-12-25-19(29)17-9-8-16(2)18(23)14-17/h8-9,14H,5-7,10-13,15H2,1-4H3,(H,25,29)(H2,24,26,27). The number of nitrogens with zero attached hydrogens (tertiary/aromatic N) is 2. The summed E-state index contributed by atoms with van der Waals surface area (Å²) in [5.74, 6) is 0.0396. The Hall–Kier alpha value is -2.64. The zero-order valence-corrected chi connectivity index (χ0v) is 18.5. The molecule has 0 spiro atoms. The molecule has 0 radical (unpaired) electrons. The molecule has 1 aromatic rings. The van der Waals surface area contributed by atoms with Crippen LogP contribution in [0.1, 0.15) is 48.5 Å². The predicted molar refractivity (Wildman–Crippen MR) is 117 cm³/mol. The molecule has 0 aromatic heterocycles. The number of nitrogens with one attached hydrogen (secondary N) is 3. The molecular weight excluding hydrogens is 385 g/mol. The first-order valence-electron chi connectivity index (χ1n) is 10.6. The summed E-state index contributed by atoms with van der Waals surface area (Å²) in [7, 11) is 3.58. The molecule has 0 aliphatic heterocycles. The maximum absolute atomic E-state index is 13.6. The van der Waals surface area contributed by atoms with Crippen molar-refractivity contribution in [2.75, 3.05) is 40.3 Å². The maximum Gasteiger partial charge on any atom is 0.251 e. The van der Waals surface area contributed by atoms with Gasteiger partial charge in [-0.1, -0.05) is 18.9 Å². The van der Waals surface area contributed by atoms with Crippen molar-refractivity contribution in [3.63, 3.8) is 0 Å². The van der Waals surface area contributed by atoms with Gasteiger partial charge in [-0.05, 0) is 44.4 Å². The van der Waals surface area contributed by atoms with E-state index in [-0.39, 0.29) is 11.8 Å². The molecule has 0 atom stereocenters. The van der Waals surface area contributed by atoms with Gasteiger partial charge in [-0.25, -0.2) is 4.39 Å².